The van der Waals surface area contributed by atoms with Gasteiger partial charge >= 0.3 is 0 Å². The van der Waals surface area contributed by atoms with Crippen LogP contribution < -0.4 is 4.90 Å². The monoisotopic (exact) mass is 356 g/mol. The molecule has 0 N–H and O–H groups in total. The molecule has 0 saturated carbocycles. The summed E-state index contributed by atoms with van der Waals surface area (Å²) in [6.45, 7) is 4.47. The van der Waals surface area contributed by atoms with Crippen molar-refractivity contribution in [1.29, 1.82) is 0 Å². The van der Waals surface area contributed by atoms with Gasteiger partial charge in [-0.25, -0.2) is 9.37 Å². The average molecular weight is 356 g/mol. The van der Waals surface area contributed by atoms with Crippen molar-refractivity contribution in [2.75, 3.05) is 26.1 Å². The third kappa shape index (κ3) is 4.17. The van der Waals surface area contributed by atoms with E-state index in [1.165, 1.54) is 18.2 Å². The van der Waals surface area contributed by atoms with Crippen LogP contribution in [0.3, 0.4) is 0 Å². The Labute approximate surface area is 154 Å². The van der Waals surface area contributed by atoms with Crippen molar-refractivity contribution in [3.8, 4) is 11.1 Å². The predicted molar refractivity (Wildman–Crippen MR) is 104 cm³/mol. The Kier molecular flexibility index (Phi) is 6.64. The fourth-order valence-corrected chi connectivity index (χ4v) is 2.99. The Balaban J connectivity index is 2.94. The van der Waals surface area contributed by atoms with Crippen molar-refractivity contribution in [3.63, 3.8) is 0 Å². The van der Waals surface area contributed by atoms with Gasteiger partial charge in [-0.15, -0.1) is 0 Å². The molecule has 0 bridgehead atoms. The number of aldehydes is 1. The van der Waals surface area contributed by atoms with Crippen molar-refractivity contribution in [3.05, 3.63) is 53.0 Å². The lowest BCUT2D eigenvalue weighted by Crippen LogP contribution is -2.17. The van der Waals surface area contributed by atoms with Gasteiger partial charge in [-0.3, -0.25) is 4.79 Å². The van der Waals surface area contributed by atoms with E-state index in [4.69, 9.17) is 9.72 Å². The highest BCUT2D eigenvalue weighted by Gasteiger charge is 2.22. The number of aromatic nitrogens is 1. The fraction of sp³-hybridized carbons (Fsp3) is 0.333. The van der Waals surface area contributed by atoms with E-state index in [1.807, 2.05) is 19.0 Å². The van der Waals surface area contributed by atoms with E-state index in [0.29, 0.717) is 6.61 Å². The Morgan fingerprint density at radius 1 is 1.23 bits per heavy atom. The number of pyridine rings is 1. The molecule has 1 aromatic heterocycles. The molecule has 138 valence electrons. The normalized spacial score (nSPS) is 11.3. The molecule has 4 nitrogen and oxygen atoms in total. The molecule has 5 heteroatoms. The summed E-state index contributed by atoms with van der Waals surface area (Å²) >= 11 is 0. The third-order valence-electron chi connectivity index (χ3n) is 4.08. The van der Waals surface area contributed by atoms with Gasteiger partial charge in [0.15, 0.2) is 0 Å². The SMILES string of the molecule is COCc1c(N(C)C)nc(C(C)C)c(/C=C/C=O)c1-c1ccc(F)cc1. The predicted octanol–water partition coefficient (Wildman–Crippen LogP) is 4.44. The van der Waals surface area contributed by atoms with Gasteiger partial charge in [-0.05, 0) is 41.3 Å². The summed E-state index contributed by atoms with van der Waals surface area (Å²) in [6.07, 6.45) is 3.98. The van der Waals surface area contributed by atoms with Crippen molar-refractivity contribution in [2.45, 2.75) is 26.4 Å². The van der Waals surface area contributed by atoms with Gasteiger partial charge in [-0.1, -0.05) is 26.0 Å². The van der Waals surface area contributed by atoms with Crippen molar-refractivity contribution >= 4 is 18.2 Å². The number of allylic oxidation sites excluding steroid dienone is 1. The highest BCUT2D eigenvalue weighted by Crippen LogP contribution is 2.38. The molecule has 0 aliphatic rings. The first kappa shape index (κ1) is 19.8. The van der Waals surface area contributed by atoms with E-state index in [9.17, 15) is 9.18 Å². The number of rotatable bonds is 7. The van der Waals surface area contributed by atoms with Gasteiger partial charge in [0.2, 0.25) is 0 Å². The molecule has 0 unspecified atom stereocenters. The van der Waals surface area contributed by atoms with E-state index < -0.39 is 0 Å². The van der Waals surface area contributed by atoms with Crippen LogP contribution in [0.25, 0.3) is 17.2 Å². The molecule has 1 aromatic carbocycles. The second-order valence-electron chi connectivity index (χ2n) is 6.57. The quantitative estimate of drug-likeness (QED) is 0.543. The van der Waals surface area contributed by atoms with E-state index in [-0.39, 0.29) is 11.7 Å². The minimum atomic E-state index is -0.294. The number of anilines is 1. The van der Waals surface area contributed by atoms with Crippen molar-refractivity contribution < 1.29 is 13.9 Å². The zero-order valence-corrected chi connectivity index (χ0v) is 15.9. The number of carbonyl (C=O) groups is 1. The number of benzene rings is 1. The van der Waals surface area contributed by atoms with Crippen LogP contribution in [0.1, 0.15) is 36.6 Å². The van der Waals surface area contributed by atoms with E-state index in [1.54, 1.807) is 25.3 Å². The lowest BCUT2D eigenvalue weighted by molar-refractivity contribution is -0.104. The van der Waals surface area contributed by atoms with Crippen LogP contribution in [-0.4, -0.2) is 32.5 Å². The largest absolute Gasteiger partial charge is 0.380 e. The second kappa shape index (κ2) is 8.72. The summed E-state index contributed by atoms with van der Waals surface area (Å²) in [5.74, 6) is 0.659. The summed E-state index contributed by atoms with van der Waals surface area (Å²) < 4.78 is 18.9. The zero-order chi connectivity index (χ0) is 19.3. The minimum absolute atomic E-state index is 0.149. The van der Waals surface area contributed by atoms with E-state index in [2.05, 4.69) is 13.8 Å². The molecule has 0 aliphatic carbocycles. The number of methoxy groups -OCH3 is 1. The molecule has 0 radical (unpaired) electrons. The Morgan fingerprint density at radius 2 is 1.88 bits per heavy atom. The van der Waals surface area contributed by atoms with Crippen molar-refractivity contribution in [2.24, 2.45) is 0 Å². The van der Waals surface area contributed by atoms with Gasteiger partial charge in [0, 0.05) is 32.3 Å². The number of carbonyl (C=O) groups excluding carboxylic acids is 1. The molecular formula is C21H25FN2O2. The molecule has 0 fully saturated rings. The molecule has 0 atom stereocenters. The van der Waals surface area contributed by atoms with Gasteiger partial charge in [0.25, 0.3) is 0 Å². The van der Waals surface area contributed by atoms with Crippen LogP contribution in [0.5, 0.6) is 0 Å². The summed E-state index contributed by atoms with van der Waals surface area (Å²) in [4.78, 5) is 17.7. The van der Waals surface area contributed by atoms with Crippen LogP contribution in [0.4, 0.5) is 10.2 Å². The number of hydrogen-bond acceptors (Lipinski definition) is 4. The van der Waals surface area contributed by atoms with Crippen LogP contribution >= 0.6 is 0 Å². The number of nitrogens with zero attached hydrogens (tertiary/aromatic N) is 2. The summed E-state index contributed by atoms with van der Waals surface area (Å²) in [6, 6.07) is 6.35. The van der Waals surface area contributed by atoms with Crippen LogP contribution in [0, 0.1) is 5.82 Å². The Morgan fingerprint density at radius 3 is 2.38 bits per heavy atom. The maximum atomic E-state index is 13.5. The standard InChI is InChI=1S/C21H25FN2O2/c1-14(2)20-17(7-6-12-25)19(15-8-10-16(22)11-9-15)18(13-26-5)21(23-20)24(3)4/h6-12,14H,13H2,1-5H3/b7-6+. The molecule has 0 spiro atoms. The number of ether oxygens (including phenoxy) is 1. The molecule has 2 rings (SSSR count). The first-order valence-electron chi connectivity index (χ1n) is 8.51. The molecular weight excluding hydrogens is 331 g/mol. The maximum Gasteiger partial charge on any atom is 0.142 e. The first-order chi connectivity index (χ1) is 12.4. The number of hydrogen-bond donors (Lipinski definition) is 0. The maximum absolute atomic E-state index is 13.5. The minimum Gasteiger partial charge on any atom is -0.380 e. The number of halogens is 1. The summed E-state index contributed by atoms with van der Waals surface area (Å²) in [5, 5.41) is 0. The summed E-state index contributed by atoms with van der Waals surface area (Å²) in [7, 11) is 5.49. The molecule has 0 aliphatic heterocycles. The zero-order valence-electron chi connectivity index (χ0n) is 15.9. The van der Waals surface area contributed by atoms with Gasteiger partial charge in [-0.2, -0.15) is 0 Å². The molecule has 26 heavy (non-hydrogen) atoms. The smallest absolute Gasteiger partial charge is 0.142 e. The molecule has 2 aromatic rings. The third-order valence-corrected chi connectivity index (χ3v) is 4.08. The molecule has 0 amide bonds. The fourth-order valence-electron chi connectivity index (χ4n) is 2.99. The highest BCUT2D eigenvalue weighted by atomic mass is 19.1. The average Bonchev–Trinajstić information content (AvgIpc) is 2.60. The topological polar surface area (TPSA) is 42.4 Å². The lowest BCUT2D eigenvalue weighted by atomic mass is 9.90. The van der Waals surface area contributed by atoms with Crippen LogP contribution in [-0.2, 0) is 16.1 Å². The molecule has 1 heterocycles. The van der Waals surface area contributed by atoms with E-state index in [0.717, 1.165) is 40.1 Å². The van der Waals surface area contributed by atoms with Gasteiger partial charge < -0.3 is 9.64 Å². The second-order valence-corrected chi connectivity index (χ2v) is 6.57. The Bertz CT molecular complexity index is 797. The van der Waals surface area contributed by atoms with Crippen molar-refractivity contribution in [1.82, 2.24) is 4.98 Å². The lowest BCUT2D eigenvalue weighted by Gasteiger charge is -2.25. The Hall–Kier alpha value is -2.53. The molecule has 0 saturated heterocycles. The van der Waals surface area contributed by atoms with Gasteiger partial charge in [0.1, 0.15) is 17.9 Å². The first-order valence-corrected chi connectivity index (χ1v) is 8.51. The van der Waals surface area contributed by atoms with E-state index >= 15 is 0 Å². The van der Waals surface area contributed by atoms with Crippen LogP contribution in [0.15, 0.2) is 30.3 Å². The highest BCUT2D eigenvalue weighted by molar-refractivity contribution is 5.86. The van der Waals surface area contributed by atoms with Gasteiger partial charge in [0.05, 0.1) is 12.3 Å². The summed E-state index contributed by atoms with van der Waals surface area (Å²) in [5.41, 5.74) is 4.41. The van der Waals surface area contributed by atoms with Crippen LogP contribution in [0.2, 0.25) is 0 Å².